The van der Waals surface area contributed by atoms with Gasteiger partial charge in [0, 0.05) is 48.7 Å². The molecular formula is C38H44ClF3N8O3S. The number of nitrogens with two attached hydrogens (primary N) is 2. The molecule has 2 aromatic carbocycles. The lowest BCUT2D eigenvalue weighted by Gasteiger charge is -2.32. The number of aromatic nitrogens is 2. The van der Waals surface area contributed by atoms with E-state index in [-0.39, 0.29) is 34.9 Å². The Kier molecular flexibility index (Phi) is 14.3. The number of nitrogens with one attached hydrogen (secondary N) is 3. The van der Waals surface area contributed by atoms with Gasteiger partial charge < -0.3 is 32.3 Å². The number of pyridine rings is 2. The summed E-state index contributed by atoms with van der Waals surface area (Å²) >= 11 is 7.54. The molecular weight excluding hydrogens is 741 g/mol. The number of halogens is 4. The summed E-state index contributed by atoms with van der Waals surface area (Å²) in [7, 11) is 1.44. The number of rotatable bonds is 9. The van der Waals surface area contributed by atoms with Gasteiger partial charge in [0.2, 0.25) is 17.7 Å². The first-order chi connectivity index (χ1) is 25.9. The number of nitrogens with zero attached hydrogens (tertiary/aromatic N) is 3. The molecule has 0 fully saturated rings. The summed E-state index contributed by atoms with van der Waals surface area (Å²) in [5, 5.41) is 10.1. The van der Waals surface area contributed by atoms with Crippen molar-refractivity contribution in [1.82, 2.24) is 30.8 Å². The van der Waals surface area contributed by atoms with E-state index in [1.807, 2.05) is 30.3 Å². The zero-order valence-corrected chi connectivity index (χ0v) is 31.4. The van der Waals surface area contributed by atoms with Crippen molar-refractivity contribution in [3.63, 3.8) is 0 Å². The lowest BCUT2D eigenvalue weighted by molar-refractivity contribution is -0.142. The number of likely N-dealkylation sites (N-methyl/N-ethyl adjacent to an activating group) is 1. The molecule has 0 saturated heterocycles. The molecule has 2 aromatic heterocycles. The van der Waals surface area contributed by atoms with Crippen LogP contribution in [0.25, 0.3) is 10.9 Å². The first-order valence-corrected chi connectivity index (χ1v) is 18.9. The average molecular weight is 785 g/mol. The fourth-order valence-corrected chi connectivity index (χ4v) is 7.66. The molecule has 11 nitrogen and oxygen atoms in total. The van der Waals surface area contributed by atoms with E-state index < -0.39 is 54.1 Å². The largest absolute Gasteiger partial charge is 0.416 e. The zero-order valence-electron chi connectivity index (χ0n) is 29.8. The molecule has 1 aliphatic heterocycles. The Morgan fingerprint density at radius 3 is 2.43 bits per heavy atom. The number of fused-ring (bicyclic) bond motifs is 3. The summed E-state index contributed by atoms with van der Waals surface area (Å²) in [6, 6.07) is 13.4. The van der Waals surface area contributed by atoms with Crippen molar-refractivity contribution < 1.29 is 27.6 Å². The zero-order chi connectivity index (χ0) is 38.8. The van der Waals surface area contributed by atoms with Crippen LogP contribution in [0.1, 0.15) is 54.5 Å². The van der Waals surface area contributed by atoms with Crippen LogP contribution in [0.5, 0.6) is 0 Å². The maximum atomic E-state index is 14.6. The fraction of sp³-hybridized carbons (Fsp3) is 0.395. The van der Waals surface area contributed by atoms with Crippen LogP contribution in [0.4, 0.5) is 13.2 Å². The number of carbonyl (C=O) groups is 3. The summed E-state index contributed by atoms with van der Waals surface area (Å²) < 4.78 is 43.7. The molecule has 5 rings (SSSR count). The number of amides is 3. The van der Waals surface area contributed by atoms with Crippen LogP contribution in [0, 0.1) is 0 Å². The topological polar surface area (TPSA) is 168 Å². The first kappa shape index (κ1) is 40.9. The van der Waals surface area contributed by atoms with Gasteiger partial charge in [0.1, 0.15) is 17.1 Å². The van der Waals surface area contributed by atoms with E-state index in [1.165, 1.54) is 24.2 Å². The smallest absolute Gasteiger partial charge is 0.350 e. The van der Waals surface area contributed by atoms with Crippen molar-refractivity contribution in [1.29, 1.82) is 0 Å². The Morgan fingerprint density at radius 2 is 1.67 bits per heavy atom. The normalized spacial score (nSPS) is 19.1. The molecule has 54 heavy (non-hydrogen) atoms. The van der Waals surface area contributed by atoms with Crippen molar-refractivity contribution >= 4 is 52.0 Å². The van der Waals surface area contributed by atoms with Gasteiger partial charge in [-0.25, -0.2) is 4.98 Å². The van der Waals surface area contributed by atoms with E-state index in [9.17, 15) is 27.6 Å². The monoisotopic (exact) mass is 784 g/mol. The molecule has 3 atom stereocenters. The third-order valence-corrected chi connectivity index (χ3v) is 11.0. The third kappa shape index (κ3) is 10.3. The van der Waals surface area contributed by atoms with Gasteiger partial charge in [-0.2, -0.15) is 13.2 Å². The van der Waals surface area contributed by atoms with Crippen molar-refractivity contribution in [3.8, 4) is 0 Å². The van der Waals surface area contributed by atoms with E-state index >= 15 is 0 Å². The number of para-hydroxylation sites is 1. The summed E-state index contributed by atoms with van der Waals surface area (Å²) in [5.74, 6) is -1.71. The SMILES string of the molecule is CN1C(=O)[C@H](CCCCN)NC(=O)[C@H](CCCN)NCc2cccnc2Sc2c(Cl)ccc(C(F)(F)F)c2CNC(=O)[C@@H]1Cc1ccc2ccccc2n1. The standard InChI is InChI=1S/C38H44ClF3N8O3S/c1-50-32(20-25-14-13-23-8-2-3-10-29(23)48-25)35(52)47-22-26-27(38(40,41)42)15-16-28(39)33(26)54-36-24(9-7-19-45-36)21-46-30(12-6-18-44)34(51)49-31(37(50)53)11-4-5-17-43/h2-3,7-10,13-16,19,30-32,46H,4-6,11-12,17-18,20-22,43-44H2,1H3,(H,47,52)(H,49,51)/t30-,31-,32-/m0/s1. The molecule has 288 valence electrons. The molecule has 3 amide bonds. The van der Waals surface area contributed by atoms with Crippen LogP contribution < -0.4 is 27.4 Å². The molecule has 0 unspecified atom stereocenters. The van der Waals surface area contributed by atoms with Gasteiger partial charge in [-0.05, 0) is 86.7 Å². The fourth-order valence-electron chi connectivity index (χ4n) is 6.32. The van der Waals surface area contributed by atoms with Crippen LogP contribution in [0.15, 0.2) is 76.8 Å². The predicted molar refractivity (Wildman–Crippen MR) is 202 cm³/mol. The van der Waals surface area contributed by atoms with Crippen molar-refractivity contribution in [2.45, 2.75) is 85.8 Å². The molecule has 0 bridgehead atoms. The molecule has 0 radical (unpaired) electrons. The summed E-state index contributed by atoms with van der Waals surface area (Å²) in [6.45, 7) is 0.255. The van der Waals surface area contributed by atoms with E-state index in [4.69, 9.17) is 28.1 Å². The number of alkyl halides is 3. The Labute approximate surface area is 321 Å². The number of hydrogen-bond donors (Lipinski definition) is 5. The molecule has 1 aliphatic rings. The van der Waals surface area contributed by atoms with Crippen molar-refractivity contribution in [2.75, 3.05) is 20.1 Å². The highest BCUT2D eigenvalue weighted by molar-refractivity contribution is 7.99. The van der Waals surface area contributed by atoms with E-state index in [0.29, 0.717) is 60.6 Å². The highest BCUT2D eigenvalue weighted by Gasteiger charge is 2.37. The molecule has 0 aliphatic carbocycles. The van der Waals surface area contributed by atoms with E-state index in [0.717, 1.165) is 23.2 Å². The van der Waals surface area contributed by atoms with Gasteiger partial charge in [0.05, 0.1) is 22.1 Å². The van der Waals surface area contributed by atoms with E-state index in [1.54, 1.807) is 18.2 Å². The summed E-state index contributed by atoms with van der Waals surface area (Å²) in [4.78, 5) is 53.0. The van der Waals surface area contributed by atoms with Gasteiger partial charge in [-0.15, -0.1) is 0 Å². The maximum absolute atomic E-state index is 14.6. The highest BCUT2D eigenvalue weighted by atomic mass is 35.5. The lowest BCUT2D eigenvalue weighted by Crippen LogP contribution is -2.57. The number of hydrogen-bond acceptors (Lipinski definition) is 9. The minimum absolute atomic E-state index is 0.0319. The maximum Gasteiger partial charge on any atom is 0.416 e. The van der Waals surface area contributed by atoms with Crippen molar-refractivity contribution in [3.05, 3.63) is 94.3 Å². The van der Waals surface area contributed by atoms with Gasteiger partial charge in [0.25, 0.3) is 0 Å². The van der Waals surface area contributed by atoms with E-state index in [2.05, 4.69) is 20.9 Å². The summed E-state index contributed by atoms with van der Waals surface area (Å²) in [5.41, 5.74) is 12.1. The molecule has 0 saturated carbocycles. The Bertz CT molecular complexity index is 1950. The quantitative estimate of drug-likeness (QED) is 0.147. The second-order valence-corrected chi connectivity index (χ2v) is 14.5. The second-order valence-electron chi connectivity index (χ2n) is 13.1. The number of carbonyl (C=O) groups excluding carboxylic acids is 3. The molecule has 7 N–H and O–H groups in total. The van der Waals surface area contributed by atoms with Crippen LogP contribution in [-0.2, 0) is 40.1 Å². The number of benzene rings is 2. The molecule has 16 heteroatoms. The van der Waals surface area contributed by atoms with Gasteiger partial charge in [-0.1, -0.05) is 53.7 Å². The van der Waals surface area contributed by atoms with Gasteiger partial charge >= 0.3 is 6.18 Å². The summed E-state index contributed by atoms with van der Waals surface area (Å²) in [6.07, 6.45) is -1.16. The van der Waals surface area contributed by atoms with Gasteiger partial charge in [0.15, 0.2) is 0 Å². The second kappa shape index (κ2) is 18.8. The Balaban J connectivity index is 1.62. The molecule has 0 spiro atoms. The van der Waals surface area contributed by atoms with Gasteiger partial charge in [-0.3, -0.25) is 19.4 Å². The highest BCUT2D eigenvalue weighted by Crippen LogP contribution is 2.42. The van der Waals surface area contributed by atoms with Crippen LogP contribution in [0.2, 0.25) is 5.02 Å². The van der Waals surface area contributed by atoms with Crippen molar-refractivity contribution in [2.24, 2.45) is 11.5 Å². The van der Waals surface area contributed by atoms with Crippen LogP contribution in [-0.4, -0.2) is 70.9 Å². The Morgan fingerprint density at radius 1 is 0.907 bits per heavy atom. The predicted octanol–water partition coefficient (Wildman–Crippen LogP) is 4.96. The minimum atomic E-state index is -4.78. The average Bonchev–Trinajstić information content (AvgIpc) is 3.15. The van der Waals surface area contributed by atoms with Crippen LogP contribution >= 0.6 is 23.4 Å². The lowest BCUT2D eigenvalue weighted by atomic mass is 10.0. The molecule has 3 heterocycles. The third-order valence-electron chi connectivity index (χ3n) is 9.30. The Hall–Kier alpha value is -4.28. The minimum Gasteiger partial charge on any atom is -0.350 e. The molecule has 4 aromatic rings. The number of unbranched alkanes of at least 4 members (excludes halogenated alkanes) is 1. The van der Waals surface area contributed by atoms with Crippen LogP contribution in [0.3, 0.4) is 0 Å². The first-order valence-electron chi connectivity index (χ1n) is 17.7.